The molecule has 0 amide bonds. The zero-order valence-electron chi connectivity index (χ0n) is 56.2. The van der Waals surface area contributed by atoms with Gasteiger partial charge in [0.25, 0.3) is 0 Å². The van der Waals surface area contributed by atoms with E-state index in [1.165, 1.54) is 302 Å². The summed E-state index contributed by atoms with van der Waals surface area (Å²) in [5, 5.41) is 0. The molecule has 1 unspecified atom stereocenters. The third kappa shape index (κ3) is 70.3. The molecule has 0 heterocycles. The Morgan fingerprint density at radius 3 is 0.675 bits per heavy atom. The van der Waals surface area contributed by atoms with Crippen molar-refractivity contribution in [1.82, 2.24) is 0 Å². The van der Waals surface area contributed by atoms with E-state index in [4.69, 9.17) is 14.2 Å². The van der Waals surface area contributed by atoms with Crippen LogP contribution in [0.15, 0.2) is 36.5 Å². The van der Waals surface area contributed by atoms with Crippen LogP contribution >= 0.6 is 0 Å². The van der Waals surface area contributed by atoms with Crippen LogP contribution in [-0.4, -0.2) is 37.2 Å². The number of unbranched alkanes of at least 4 members (excludes halogenated alkanes) is 53. The van der Waals surface area contributed by atoms with Crippen LogP contribution in [0.2, 0.25) is 0 Å². The fourth-order valence-corrected chi connectivity index (χ4v) is 11.5. The van der Waals surface area contributed by atoms with Crippen LogP contribution in [0, 0.1) is 0 Å². The number of rotatable bonds is 70. The summed E-state index contributed by atoms with van der Waals surface area (Å²) in [4.78, 5) is 38.4. The summed E-state index contributed by atoms with van der Waals surface area (Å²) in [7, 11) is 0. The van der Waals surface area contributed by atoms with E-state index in [9.17, 15) is 14.4 Å². The first-order chi connectivity index (χ1) is 41.0. The highest BCUT2D eigenvalue weighted by Crippen LogP contribution is 2.19. The summed E-state index contributed by atoms with van der Waals surface area (Å²) >= 11 is 0. The van der Waals surface area contributed by atoms with E-state index in [0.29, 0.717) is 19.3 Å². The summed E-state index contributed by atoms with van der Waals surface area (Å²) in [5.41, 5.74) is 0. The molecule has 83 heavy (non-hydrogen) atoms. The van der Waals surface area contributed by atoms with Gasteiger partial charge in [-0.1, -0.05) is 378 Å². The van der Waals surface area contributed by atoms with Gasteiger partial charge in [0.2, 0.25) is 0 Å². The molecule has 0 aliphatic heterocycles. The van der Waals surface area contributed by atoms with Gasteiger partial charge in [0.05, 0.1) is 0 Å². The fourth-order valence-electron chi connectivity index (χ4n) is 11.5. The van der Waals surface area contributed by atoms with Crippen LogP contribution in [0.4, 0.5) is 0 Å². The quantitative estimate of drug-likeness (QED) is 0.0261. The monoisotopic (exact) mass is 1170 g/mol. The van der Waals surface area contributed by atoms with E-state index >= 15 is 0 Å². The molecule has 0 aromatic carbocycles. The highest BCUT2D eigenvalue weighted by Gasteiger charge is 2.20. The Balaban J connectivity index is 4.16. The molecule has 0 spiro atoms. The number of allylic oxidation sites excluding steroid dienone is 6. The molecule has 0 fully saturated rings. The van der Waals surface area contributed by atoms with Crippen molar-refractivity contribution in [2.24, 2.45) is 0 Å². The number of hydrogen-bond donors (Lipinski definition) is 0. The van der Waals surface area contributed by atoms with Gasteiger partial charge in [-0.2, -0.15) is 0 Å². The van der Waals surface area contributed by atoms with Crippen LogP contribution in [0.3, 0.4) is 0 Å². The fraction of sp³-hybridized carbons (Fsp3) is 0.883. The van der Waals surface area contributed by atoms with Crippen LogP contribution in [0.25, 0.3) is 0 Å². The van der Waals surface area contributed by atoms with Gasteiger partial charge >= 0.3 is 17.9 Å². The number of carbonyl (C=O) groups is 3. The Morgan fingerprint density at radius 2 is 0.434 bits per heavy atom. The summed E-state index contributed by atoms with van der Waals surface area (Å²) in [6.45, 7) is 6.70. The van der Waals surface area contributed by atoms with Crippen molar-refractivity contribution in [3.05, 3.63) is 36.5 Å². The molecule has 0 aromatic rings. The van der Waals surface area contributed by atoms with Gasteiger partial charge in [-0.3, -0.25) is 14.4 Å². The third-order valence-corrected chi connectivity index (χ3v) is 17.1. The van der Waals surface area contributed by atoms with E-state index in [2.05, 4.69) is 57.2 Å². The van der Waals surface area contributed by atoms with Gasteiger partial charge in [0.15, 0.2) is 6.10 Å². The van der Waals surface area contributed by atoms with Gasteiger partial charge in [-0.15, -0.1) is 0 Å². The van der Waals surface area contributed by atoms with E-state index in [1.54, 1.807) is 0 Å². The molecule has 0 N–H and O–H groups in total. The van der Waals surface area contributed by atoms with Crippen LogP contribution in [0.1, 0.15) is 419 Å². The number of carbonyl (C=O) groups excluding carboxylic acids is 3. The van der Waals surface area contributed by atoms with Gasteiger partial charge < -0.3 is 14.2 Å². The minimum Gasteiger partial charge on any atom is -0.462 e. The minimum absolute atomic E-state index is 0.0693. The van der Waals surface area contributed by atoms with Crippen LogP contribution in [0.5, 0.6) is 0 Å². The molecule has 6 nitrogen and oxygen atoms in total. The van der Waals surface area contributed by atoms with Gasteiger partial charge in [-0.05, 0) is 57.8 Å². The maximum absolute atomic E-state index is 13.0. The third-order valence-electron chi connectivity index (χ3n) is 17.1. The molecule has 0 aliphatic rings. The molecule has 0 rings (SSSR count). The second kappa shape index (κ2) is 72.1. The predicted molar refractivity (Wildman–Crippen MR) is 362 cm³/mol. The van der Waals surface area contributed by atoms with Crippen molar-refractivity contribution in [2.75, 3.05) is 13.2 Å². The standard InChI is InChI=1S/C77H144O6/c1-4-7-10-13-16-19-22-25-27-29-31-33-35-36-37-38-39-40-41-43-44-46-48-50-52-55-58-61-64-67-70-76(79)82-73-74(72-81-75(78)69-66-63-60-57-54-24-21-18-15-12-9-6-3)83-77(80)71-68-65-62-59-56-53-51-49-47-45-42-34-32-30-28-26-23-20-17-14-11-8-5-2/h23,26,30,32,42,45,74H,4-22,24-25,27-29,31,33-41,43-44,46-73H2,1-3H3/b26-23-,32-30-,45-42-. The van der Waals surface area contributed by atoms with Crippen molar-refractivity contribution in [3.8, 4) is 0 Å². The van der Waals surface area contributed by atoms with Crippen molar-refractivity contribution in [3.63, 3.8) is 0 Å². The molecule has 0 saturated carbocycles. The predicted octanol–water partition coefficient (Wildman–Crippen LogP) is 25.9. The minimum atomic E-state index is -0.774. The normalized spacial score (nSPS) is 12.2. The number of ether oxygens (including phenoxy) is 3. The molecule has 0 radical (unpaired) electrons. The van der Waals surface area contributed by atoms with E-state index < -0.39 is 6.10 Å². The Morgan fingerprint density at radius 1 is 0.241 bits per heavy atom. The largest absolute Gasteiger partial charge is 0.462 e. The lowest BCUT2D eigenvalue weighted by Gasteiger charge is -2.18. The highest BCUT2D eigenvalue weighted by molar-refractivity contribution is 5.71. The van der Waals surface area contributed by atoms with Gasteiger partial charge in [-0.25, -0.2) is 0 Å². The molecular weight excluding hydrogens is 1020 g/mol. The maximum atomic E-state index is 13.0. The second-order valence-corrected chi connectivity index (χ2v) is 25.6. The maximum Gasteiger partial charge on any atom is 0.306 e. The first kappa shape index (κ1) is 80.6. The van der Waals surface area contributed by atoms with Crippen LogP contribution in [-0.2, 0) is 28.6 Å². The van der Waals surface area contributed by atoms with E-state index in [-0.39, 0.29) is 31.1 Å². The van der Waals surface area contributed by atoms with Crippen molar-refractivity contribution >= 4 is 17.9 Å². The molecule has 1 atom stereocenters. The van der Waals surface area contributed by atoms with E-state index in [0.717, 1.165) is 77.0 Å². The van der Waals surface area contributed by atoms with Crippen LogP contribution < -0.4 is 0 Å². The average Bonchev–Trinajstić information content (AvgIpc) is 3.49. The molecule has 488 valence electrons. The molecular formula is C77H144O6. The van der Waals surface area contributed by atoms with Crippen molar-refractivity contribution in [1.29, 1.82) is 0 Å². The van der Waals surface area contributed by atoms with Gasteiger partial charge in [0, 0.05) is 19.3 Å². The summed E-state index contributed by atoms with van der Waals surface area (Å²) in [6, 6.07) is 0. The average molecular weight is 1170 g/mol. The Hall–Kier alpha value is -2.37. The molecule has 0 aromatic heterocycles. The van der Waals surface area contributed by atoms with Crippen molar-refractivity contribution < 1.29 is 28.6 Å². The molecule has 6 heteroatoms. The van der Waals surface area contributed by atoms with Crippen molar-refractivity contribution in [2.45, 2.75) is 425 Å². The first-order valence-electron chi connectivity index (χ1n) is 37.5. The lowest BCUT2D eigenvalue weighted by molar-refractivity contribution is -0.167. The first-order valence-corrected chi connectivity index (χ1v) is 37.5. The van der Waals surface area contributed by atoms with Gasteiger partial charge in [0.1, 0.15) is 13.2 Å². The Bertz CT molecular complexity index is 1380. The molecule has 0 saturated heterocycles. The summed E-state index contributed by atoms with van der Waals surface area (Å²) in [6.07, 6.45) is 90.5. The topological polar surface area (TPSA) is 78.9 Å². The lowest BCUT2D eigenvalue weighted by Crippen LogP contribution is -2.30. The zero-order chi connectivity index (χ0) is 59.9. The SMILES string of the molecule is CCCCCCC/C=C\C/C=C\C/C=C\CCCCCCCCCCC(=O)OC(COC(=O)CCCCCCCCCCCCCC)COC(=O)CCCCCCCCCCCCCCCCCCCCCCCCCCCCCCCC. The van der Waals surface area contributed by atoms with E-state index in [1.807, 2.05) is 0 Å². The highest BCUT2D eigenvalue weighted by atomic mass is 16.6. The summed E-state index contributed by atoms with van der Waals surface area (Å²) < 4.78 is 17.0. The number of esters is 3. The second-order valence-electron chi connectivity index (χ2n) is 25.6. The Kier molecular flexibility index (Phi) is 70.0. The molecule has 0 aliphatic carbocycles. The molecule has 0 bridgehead atoms. The number of hydrogen-bond acceptors (Lipinski definition) is 6. The smallest absolute Gasteiger partial charge is 0.306 e. The summed E-state index contributed by atoms with van der Waals surface area (Å²) in [5.74, 6) is -0.846. The zero-order valence-corrected chi connectivity index (χ0v) is 56.2. The Labute approximate surface area is 518 Å². The lowest BCUT2D eigenvalue weighted by atomic mass is 10.0.